The zero-order chi connectivity index (χ0) is 7.61. The lowest BCUT2D eigenvalue weighted by molar-refractivity contribution is 0.722. The van der Waals surface area contributed by atoms with Crippen LogP contribution in [0.5, 0.6) is 0 Å². The van der Waals surface area contributed by atoms with Crippen molar-refractivity contribution in [1.29, 1.82) is 0 Å². The fourth-order valence-corrected chi connectivity index (χ4v) is 0.528. The molecule has 0 radical (unpaired) electrons. The molecule has 0 amide bonds. The maximum Gasteiger partial charge on any atom is 0.221 e. The van der Waals surface area contributed by atoms with Crippen LogP contribution in [0.1, 0.15) is 13.8 Å². The summed E-state index contributed by atoms with van der Waals surface area (Å²) in [7, 11) is 0. The van der Waals surface area contributed by atoms with E-state index < -0.39 is 0 Å². The molecule has 0 aromatic heterocycles. The summed E-state index contributed by atoms with van der Waals surface area (Å²) in [6, 6.07) is 0. The minimum Gasteiger partial charge on any atom is -0.368 e. The van der Waals surface area contributed by atoms with Crippen LogP contribution < -0.4 is 5.73 Å². The van der Waals surface area contributed by atoms with Crippen molar-refractivity contribution in [2.45, 2.75) is 19.4 Å². The monoisotopic (exact) mass is 138 g/mol. The van der Waals surface area contributed by atoms with Crippen LogP contribution in [0.3, 0.4) is 0 Å². The lowest BCUT2D eigenvalue weighted by Gasteiger charge is -2.09. The average molecular weight is 138 g/mol. The third-order valence-corrected chi connectivity index (χ3v) is 1.09. The molecule has 0 aromatic rings. The van der Waals surface area contributed by atoms with E-state index in [1.54, 1.807) is 6.21 Å². The van der Waals surface area contributed by atoms with Crippen LogP contribution in [0, 0.1) is 0 Å². The van der Waals surface area contributed by atoms with Gasteiger partial charge in [0.05, 0.1) is 5.54 Å². The largest absolute Gasteiger partial charge is 0.368 e. The first-order valence-electron chi connectivity index (χ1n) is 3.02. The van der Waals surface area contributed by atoms with E-state index in [4.69, 9.17) is 5.73 Å². The molecule has 10 heavy (non-hydrogen) atoms. The zero-order valence-corrected chi connectivity index (χ0v) is 6.07. The molecule has 4 nitrogen and oxygen atoms in total. The van der Waals surface area contributed by atoms with Crippen LogP contribution in [0.25, 0.3) is 0 Å². The first-order chi connectivity index (χ1) is 4.60. The molecule has 0 aromatic carbocycles. The van der Waals surface area contributed by atoms with Gasteiger partial charge in [0.1, 0.15) is 6.34 Å². The summed E-state index contributed by atoms with van der Waals surface area (Å²) in [6.07, 6.45) is 3.11. The molecule has 0 spiro atoms. The van der Waals surface area contributed by atoms with Gasteiger partial charge in [0.2, 0.25) is 5.96 Å². The molecule has 0 unspecified atom stereocenters. The van der Waals surface area contributed by atoms with Crippen molar-refractivity contribution >= 4 is 18.5 Å². The molecule has 0 saturated carbocycles. The lowest BCUT2D eigenvalue weighted by Crippen LogP contribution is -2.18. The maximum absolute atomic E-state index is 5.32. The summed E-state index contributed by atoms with van der Waals surface area (Å²) in [5, 5.41) is 0. The van der Waals surface area contributed by atoms with Gasteiger partial charge in [0.15, 0.2) is 0 Å². The molecular formula is C6H10N4. The van der Waals surface area contributed by atoms with Crippen molar-refractivity contribution in [3.05, 3.63) is 0 Å². The van der Waals surface area contributed by atoms with Gasteiger partial charge in [-0.15, -0.1) is 0 Å². The molecule has 0 fully saturated rings. The van der Waals surface area contributed by atoms with Crippen LogP contribution in [0.2, 0.25) is 0 Å². The Morgan fingerprint density at radius 3 is 2.90 bits per heavy atom. The normalized spacial score (nSPS) is 22.0. The highest BCUT2D eigenvalue weighted by atomic mass is 15.1. The number of nitrogens with zero attached hydrogens (tertiary/aromatic N) is 3. The topological polar surface area (TPSA) is 63.1 Å². The summed E-state index contributed by atoms with van der Waals surface area (Å²) < 4.78 is 0. The van der Waals surface area contributed by atoms with E-state index in [-0.39, 0.29) is 11.5 Å². The first kappa shape index (κ1) is 6.92. The predicted molar refractivity (Wildman–Crippen MR) is 42.7 cm³/mol. The molecule has 54 valence electrons. The molecular weight excluding hydrogens is 128 g/mol. The van der Waals surface area contributed by atoms with E-state index in [1.807, 2.05) is 13.8 Å². The number of hydrogen-bond acceptors (Lipinski definition) is 4. The summed E-state index contributed by atoms with van der Waals surface area (Å²) in [5.74, 6) is 0.259. The Kier molecular flexibility index (Phi) is 1.53. The smallest absolute Gasteiger partial charge is 0.221 e. The Hall–Kier alpha value is -1.19. The van der Waals surface area contributed by atoms with Gasteiger partial charge in [0.25, 0.3) is 0 Å². The molecule has 1 heterocycles. The van der Waals surface area contributed by atoms with Crippen LogP contribution in [-0.2, 0) is 0 Å². The lowest BCUT2D eigenvalue weighted by atomic mass is 10.1. The highest BCUT2D eigenvalue weighted by Crippen LogP contribution is 2.05. The number of rotatable bonds is 0. The van der Waals surface area contributed by atoms with Gasteiger partial charge in [-0.3, -0.25) is 4.99 Å². The van der Waals surface area contributed by atoms with Gasteiger partial charge in [-0.2, -0.15) is 0 Å². The highest BCUT2D eigenvalue weighted by Gasteiger charge is 2.12. The van der Waals surface area contributed by atoms with E-state index in [0.29, 0.717) is 0 Å². The van der Waals surface area contributed by atoms with Crippen molar-refractivity contribution in [2.24, 2.45) is 20.7 Å². The highest BCUT2D eigenvalue weighted by molar-refractivity contribution is 5.95. The van der Waals surface area contributed by atoms with E-state index >= 15 is 0 Å². The molecule has 0 atom stereocenters. The van der Waals surface area contributed by atoms with E-state index in [9.17, 15) is 0 Å². The van der Waals surface area contributed by atoms with Gasteiger partial charge in [-0.25, -0.2) is 9.98 Å². The Bertz CT molecular complexity index is 212. The molecule has 0 aliphatic carbocycles. The SMILES string of the molecule is CC1(C)C=NC(N)=NC=N1. The summed E-state index contributed by atoms with van der Waals surface area (Å²) in [6.45, 7) is 3.86. The minimum atomic E-state index is -0.273. The van der Waals surface area contributed by atoms with Crippen molar-refractivity contribution in [2.75, 3.05) is 0 Å². The molecule has 4 heteroatoms. The first-order valence-corrected chi connectivity index (χ1v) is 3.02. The van der Waals surface area contributed by atoms with Gasteiger partial charge in [-0.1, -0.05) is 0 Å². The van der Waals surface area contributed by atoms with Gasteiger partial charge in [0, 0.05) is 6.21 Å². The van der Waals surface area contributed by atoms with E-state index in [1.165, 1.54) is 6.34 Å². The van der Waals surface area contributed by atoms with E-state index in [2.05, 4.69) is 15.0 Å². The van der Waals surface area contributed by atoms with Crippen molar-refractivity contribution < 1.29 is 0 Å². The van der Waals surface area contributed by atoms with E-state index in [0.717, 1.165) is 0 Å². The van der Waals surface area contributed by atoms with Crippen molar-refractivity contribution in [1.82, 2.24) is 0 Å². The Morgan fingerprint density at radius 1 is 1.50 bits per heavy atom. The van der Waals surface area contributed by atoms with Crippen LogP contribution >= 0.6 is 0 Å². The van der Waals surface area contributed by atoms with Gasteiger partial charge < -0.3 is 5.73 Å². The average Bonchev–Trinajstić information content (AvgIpc) is 1.94. The maximum atomic E-state index is 5.32. The molecule has 1 rings (SSSR count). The minimum absolute atomic E-state index is 0.259. The fraction of sp³-hybridized carbons (Fsp3) is 0.500. The Morgan fingerprint density at radius 2 is 2.20 bits per heavy atom. The predicted octanol–water partition coefficient (Wildman–Crippen LogP) is 0.192. The Labute approximate surface area is 59.6 Å². The van der Waals surface area contributed by atoms with Crippen molar-refractivity contribution in [3.63, 3.8) is 0 Å². The standard InChI is InChI=1S/C6H10N4/c1-6(2)3-8-5(7)9-4-10-6/h3-4H,1-2H3,(H2,7,9,10). The van der Waals surface area contributed by atoms with Gasteiger partial charge in [-0.05, 0) is 13.8 Å². The summed E-state index contributed by atoms with van der Waals surface area (Å²) in [5.41, 5.74) is 5.04. The fourth-order valence-electron chi connectivity index (χ4n) is 0.528. The molecule has 1 aliphatic rings. The molecule has 2 N–H and O–H groups in total. The summed E-state index contributed by atoms with van der Waals surface area (Å²) >= 11 is 0. The second-order valence-electron chi connectivity index (χ2n) is 2.64. The molecule has 1 aliphatic heterocycles. The number of hydrogen-bond donors (Lipinski definition) is 1. The third-order valence-electron chi connectivity index (χ3n) is 1.09. The number of nitrogens with two attached hydrogens (primary N) is 1. The second-order valence-corrected chi connectivity index (χ2v) is 2.64. The summed E-state index contributed by atoms with van der Waals surface area (Å²) in [4.78, 5) is 11.6. The zero-order valence-electron chi connectivity index (χ0n) is 6.07. The van der Waals surface area contributed by atoms with Crippen LogP contribution in [-0.4, -0.2) is 24.1 Å². The Balaban J connectivity index is 2.88. The second kappa shape index (κ2) is 2.21. The number of aliphatic imine (C=N–C) groups is 3. The van der Waals surface area contributed by atoms with Crippen molar-refractivity contribution in [3.8, 4) is 0 Å². The van der Waals surface area contributed by atoms with Crippen LogP contribution in [0.4, 0.5) is 0 Å². The molecule has 0 bridgehead atoms. The third kappa shape index (κ3) is 1.65. The quantitative estimate of drug-likeness (QED) is 0.510. The van der Waals surface area contributed by atoms with Gasteiger partial charge >= 0.3 is 0 Å². The number of guanidine groups is 1. The molecule has 0 saturated heterocycles. The van der Waals surface area contributed by atoms with Crippen LogP contribution in [0.15, 0.2) is 15.0 Å².